The van der Waals surface area contributed by atoms with E-state index in [1.807, 2.05) is 0 Å². The molecule has 130 valence electrons. The van der Waals surface area contributed by atoms with E-state index in [1.165, 1.54) is 6.07 Å². The van der Waals surface area contributed by atoms with Crippen LogP contribution in [0.5, 0.6) is 0 Å². The molecule has 1 aromatic carbocycles. The number of aryl methyl sites for hydroxylation is 2. The molecule has 2 aromatic rings. The summed E-state index contributed by atoms with van der Waals surface area (Å²) >= 11 is 0. The zero-order chi connectivity index (χ0) is 17.3. The molecule has 1 fully saturated rings. The van der Waals surface area contributed by atoms with Crippen molar-refractivity contribution in [3.05, 3.63) is 46.8 Å². The molecule has 1 aliphatic rings. The largest absolute Gasteiger partial charge is 0.368 e. The summed E-state index contributed by atoms with van der Waals surface area (Å²) in [5.41, 5.74) is 0.878. The van der Waals surface area contributed by atoms with Gasteiger partial charge >= 0.3 is 0 Å². The smallest absolute Gasteiger partial charge is 0.216 e. The molecule has 3 rings (SSSR count). The van der Waals surface area contributed by atoms with Gasteiger partial charge in [-0.25, -0.2) is 22.5 Å². The van der Waals surface area contributed by atoms with E-state index in [0.717, 1.165) is 0 Å². The van der Waals surface area contributed by atoms with Crippen molar-refractivity contribution >= 4 is 10.0 Å². The third kappa shape index (κ3) is 3.80. The van der Waals surface area contributed by atoms with Gasteiger partial charge < -0.3 is 4.74 Å². The number of H-pyrrole nitrogens is 1. The molecule has 0 unspecified atom stereocenters. The van der Waals surface area contributed by atoms with Crippen LogP contribution in [0.2, 0.25) is 0 Å². The number of benzene rings is 1. The third-order valence-electron chi connectivity index (χ3n) is 3.88. The number of nitrogens with zero attached hydrogens (tertiary/aromatic N) is 2. The standard InChI is InChI=1S/C15H19FN4O3S/c1-9-3-4-11(7-12(9)16)8-24(21,22)20-13-5-6-23-14(13)15-17-10(2)18-19-15/h3-4,7,13-14,20H,5-6,8H2,1-2H3,(H,17,18,19)/t13-,14+/m0/s1. The van der Waals surface area contributed by atoms with Crippen molar-refractivity contribution < 1.29 is 17.5 Å². The van der Waals surface area contributed by atoms with Crippen LogP contribution in [0.15, 0.2) is 18.2 Å². The van der Waals surface area contributed by atoms with E-state index in [-0.39, 0.29) is 5.75 Å². The van der Waals surface area contributed by atoms with Crippen LogP contribution >= 0.6 is 0 Å². The summed E-state index contributed by atoms with van der Waals surface area (Å²) < 4.78 is 46.6. The molecule has 0 spiro atoms. The van der Waals surface area contributed by atoms with E-state index in [9.17, 15) is 12.8 Å². The predicted octanol–water partition coefficient (Wildman–Crippen LogP) is 1.51. The van der Waals surface area contributed by atoms with Crippen LogP contribution in [0.25, 0.3) is 0 Å². The molecule has 0 aliphatic carbocycles. The minimum atomic E-state index is -3.64. The number of nitrogens with one attached hydrogen (secondary N) is 2. The second kappa shape index (κ2) is 6.58. The van der Waals surface area contributed by atoms with Crippen LogP contribution < -0.4 is 4.72 Å². The number of aromatic nitrogens is 3. The molecule has 1 aliphatic heterocycles. The maximum Gasteiger partial charge on any atom is 0.216 e. The fraction of sp³-hybridized carbons (Fsp3) is 0.467. The van der Waals surface area contributed by atoms with Gasteiger partial charge in [0.2, 0.25) is 10.0 Å². The lowest BCUT2D eigenvalue weighted by molar-refractivity contribution is 0.0957. The fourth-order valence-electron chi connectivity index (χ4n) is 2.67. The molecular formula is C15H19FN4O3S. The maximum absolute atomic E-state index is 13.6. The van der Waals surface area contributed by atoms with Gasteiger partial charge in [-0.2, -0.15) is 5.10 Å². The fourth-order valence-corrected chi connectivity index (χ4v) is 4.07. The summed E-state index contributed by atoms with van der Waals surface area (Å²) in [6.45, 7) is 3.81. The Bertz CT molecular complexity index is 837. The molecule has 2 heterocycles. The van der Waals surface area contributed by atoms with Crippen molar-refractivity contribution in [2.24, 2.45) is 0 Å². The average Bonchev–Trinajstić information content (AvgIpc) is 3.11. The SMILES string of the molecule is Cc1nc([C@@H]2OCC[C@@H]2NS(=O)(=O)Cc2ccc(C)c(F)c2)n[nH]1. The highest BCUT2D eigenvalue weighted by molar-refractivity contribution is 7.88. The third-order valence-corrected chi connectivity index (χ3v) is 5.26. The lowest BCUT2D eigenvalue weighted by atomic mass is 10.1. The van der Waals surface area contributed by atoms with Gasteiger partial charge in [0.25, 0.3) is 0 Å². The summed E-state index contributed by atoms with van der Waals surface area (Å²) in [6.07, 6.45) is -0.000737. The van der Waals surface area contributed by atoms with Gasteiger partial charge in [-0.3, -0.25) is 5.10 Å². The van der Waals surface area contributed by atoms with E-state index < -0.39 is 28.0 Å². The summed E-state index contributed by atoms with van der Waals surface area (Å²) in [4.78, 5) is 4.20. The Balaban J connectivity index is 1.72. The summed E-state index contributed by atoms with van der Waals surface area (Å²) in [6, 6.07) is 3.98. The number of rotatable bonds is 5. The normalized spacial score (nSPS) is 21.3. The average molecular weight is 354 g/mol. The number of hydrogen-bond donors (Lipinski definition) is 2. The van der Waals surface area contributed by atoms with Crippen molar-refractivity contribution in [2.45, 2.75) is 38.2 Å². The maximum atomic E-state index is 13.6. The first kappa shape index (κ1) is 17.0. The summed E-state index contributed by atoms with van der Waals surface area (Å²) in [7, 11) is -3.64. The Kier molecular flexibility index (Phi) is 4.66. The van der Waals surface area contributed by atoms with Gasteiger partial charge in [0.05, 0.1) is 11.8 Å². The molecule has 0 radical (unpaired) electrons. The number of ether oxygens (including phenoxy) is 1. The van der Waals surface area contributed by atoms with Gasteiger partial charge in [0.15, 0.2) is 5.82 Å². The lowest BCUT2D eigenvalue weighted by Gasteiger charge is -2.17. The predicted molar refractivity (Wildman–Crippen MR) is 85.1 cm³/mol. The number of sulfonamides is 1. The minimum absolute atomic E-state index is 0.291. The van der Waals surface area contributed by atoms with Crippen LogP contribution in [0, 0.1) is 19.7 Å². The second-order valence-corrected chi connectivity index (χ2v) is 7.68. The van der Waals surface area contributed by atoms with Crippen molar-refractivity contribution in [3.8, 4) is 0 Å². The Morgan fingerprint density at radius 3 is 2.88 bits per heavy atom. The van der Waals surface area contributed by atoms with Crippen LogP contribution in [-0.4, -0.2) is 36.2 Å². The van der Waals surface area contributed by atoms with E-state index >= 15 is 0 Å². The van der Waals surface area contributed by atoms with Gasteiger partial charge in [-0.05, 0) is 37.5 Å². The molecule has 2 atom stereocenters. The number of halogens is 1. The lowest BCUT2D eigenvalue weighted by Crippen LogP contribution is -2.37. The summed E-state index contributed by atoms with van der Waals surface area (Å²) in [5, 5.41) is 6.76. The van der Waals surface area contributed by atoms with E-state index in [2.05, 4.69) is 19.9 Å². The highest BCUT2D eigenvalue weighted by Crippen LogP contribution is 2.27. The second-order valence-electron chi connectivity index (χ2n) is 5.93. The van der Waals surface area contributed by atoms with Crippen molar-refractivity contribution in [3.63, 3.8) is 0 Å². The van der Waals surface area contributed by atoms with Crippen LogP contribution in [0.3, 0.4) is 0 Å². The van der Waals surface area contributed by atoms with Gasteiger partial charge in [0, 0.05) is 6.61 Å². The summed E-state index contributed by atoms with van der Waals surface area (Å²) in [5.74, 6) is 0.359. The van der Waals surface area contributed by atoms with E-state index in [1.54, 1.807) is 26.0 Å². The van der Waals surface area contributed by atoms with Crippen molar-refractivity contribution in [2.75, 3.05) is 6.61 Å². The molecule has 9 heteroatoms. The Morgan fingerprint density at radius 1 is 1.42 bits per heavy atom. The first-order chi connectivity index (χ1) is 11.3. The highest BCUT2D eigenvalue weighted by Gasteiger charge is 2.35. The Labute approximate surface area is 139 Å². The molecule has 0 saturated carbocycles. The zero-order valence-corrected chi connectivity index (χ0v) is 14.2. The molecular weight excluding hydrogens is 335 g/mol. The number of aromatic amines is 1. The Morgan fingerprint density at radius 2 is 2.21 bits per heavy atom. The van der Waals surface area contributed by atoms with Crippen molar-refractivity contribution in [1.29, 1.82) is 0 Å². The highest BCUT2D eigenvalue weighted by atomic mass is 32.2. The first-order valence-corrected chi connectivity index (χ1v) is 9.25. The zero-order valence-electron chi connectivity index (χ0n) is 13.4. The number of hydrogen-bond acceptors (Lipinski definition) is 5. The molecule has 1 aromatic heterocycles. The van der Waals surface area contributed by atoms with Gasteiger partial charge in [-0.1, -0.05) is 12.1 Å². The molecule has 2 N–H and O–H groups in total. The molecule has 0 bridgehead atoms. The van der Waals surface area contributed by atoms with Gasteiger partial charge in [-0.15, -0.1) is 0 Å². The van der Waals surface area contributed by atoms with E-state index in [0.29, 0.717) is 35.8 Å². The minimum Gasteiger partial charge on any atom is -0.368 e. The van der Waals surface area contributed by atoms with Crippen LogP contribution in [0.4, 0.5) is 4.39 Å². The topological polar surface area (TPSA) is 97.0 Å². The molecule has 0 amide bonds. The Hall–Kier alpha value is -1.84. The van der Waals surface area contributed by atoms with Crippen molar-refractivity contribution in [1.82, 2.24) is 19.9 Å². The van der Waals surface area contributed by atoms with Crippen LogP contribution in [0.1, 0.15) is 35.3 Å². The quantitative estimate of drug-likeness (QED) is 0.848. The van der Waals surface area contributed by atoms with Crippen LogP contribution in [-0.2, 0) is 20.5 Å². The van der Waals surface area contributed by atoms with Gasteiger partial charge in [0.1, 0.15) is 17.7 Å². The molecule has 24 heavy (non-hydrogen) atoms. The van der Waals surface area contributed by atoms with E-state index in [4.69, 9.17) is 4.74 Å². The molecule has 1 saturated heterocycles. The monoisotopic (exact) mass is 354 g/mol. The first-order valence-electron chi connectivity index (χ1n) is 7.59. The molecule has 7 nitrogen and oxygen atoms in total.